The maximum absolute atomic E-state index is 14.7. The number of anilines is 3. The molecular weight excluding hydrogens is 857 g/mol. The number of aliphatic imine (C=N–C) groups is 1. The Morgan fingerprint density at radius 2 is 1.67 bits per heavy atom. The maximum atomic E-state index is 14.7. The first-order valence-electron chi connectivity index (χ1n) is 20.2. The molecule has 3 atom stereocenters. The number of rotatable bonds is 15. The van der Waals surface area contributed by atoms with Gasteiger partial charge in [-0.1, -0.05) is 37.1 Å². The zero-order valence-electron chi connectivity index (χ0n) is 34.5. The Kier molecular flexibility index (Phi) is 12.8. The average Bonchev–Trinajstić information content (AvgIpc) is 3.67. The number of nitrogens with zero attached hydrogens (tertiary/aromatic N) is 5. The van der Waals surface area contributed by atoms with Crippen LogP contribution in [-0.4, -0.2) is 69.5 Å². The number of carbonyl (C=O) groups excluding carboxylic acids is 3. The van der Waals surface area contributed by atoms with Crippen molar-refractivity contribution in [3.05, 3.63) is 130 Å². The fourth-order valence-electron chi connectivity index (χ4n) is 7.90. The monoisotopic (exact) mass is 898 g/mol. The summed E-state index contributed by atoms with van der Waals surface area (Å²) in [6.45, 7) is 0.837. The fraction of sp³-hybridized carbons (Fsp3) is 0.311. The molecule has 2 aliphatic rings. The second-order valence-electron chi connectivity index (χ2n) is 15.9. The summed E-state index contributed by atoms with van der Waals surface area (Å²) in [5, 5.41) is 32.4. The van der Waals surface area contributed by atoms with Crippen molar-refractivity contribution >= 4 is 50.2 Å². The molecule has 0 radical (unpaired) electrons. The van der Waals surface area contributed by atoms with E-state index in [0.717, 1.165) is 49.4 Å². The van der Waals surface area contributed by atoms with Crippen molar-refractivity contribution in [3.63, 3.8) is 0 Å². The summed E-state index contributed by atoms with van der Waals surface area (Å²) in [4.78, 5) is 47.3. The molecule has 14 nitrogen and oxygen atoms in total. The SMILES string of the molecule is Cn1ncnc1C1C2=NCC(=O)c3cc(F)cc(c32)N[C@@H]1c1ccc(NC(=O)CCCCCCc2ccc(S(=O)(=O)CC(C)(O)C(=O)Nc3ccc(C#N)c(C(F)(F)F)c3)cc2)cc1. The van der Waals surface area contributed by atoms with Gasteiger partial charge in [0.15, 0.2) is 21.2 Å². The van der Waals surface area contributed by atoms with E-state index in [4.69, 9.17) is 5.26 Å². The first-order chi connectivity index (χ1) is 30.3. The molecule has 7 rings (SSSR count). The highest BCUT2D eigenvalue weighted by atomic mass is 32.2. The highest BCUT2D eigenvalue weighted by Gasteiger charge is 2.42. The third kappa shape index (κ3) is 9.87. The first kappa shape index (κ1) is 45.3. The van der Waals surface area contributed by atoms with Gasteiger partial charge in [-0.05, 0) is 91.9 Å². The van der Waals surface area contributed by atoms with E-state index in [1.807, 2.05) is 12.1 Å². The van der Waals surface area contributed by atoms with Crippen LogP contribution >= 0.6 is 0 Å². The summed E-state index contributed by atoms with van der Waals surface area (Å²) in [5.41, 5.74) is -0.654. The van der Waals surface area contributed by atoms with Crippen LogP contribution in [0.3, 0.4) is 0 Å². The number of nitriles is 1. The van der Waals surface area contributed by atoms with Crippen molar-refractivity contribution in [2.45, 2.75) is 74.1 Å². The normalized spacial score (nSPS) is 16.7. The summed E-state index contributed by atoms with van der Waals surface area (Å²) in [7, 11) is -2.45. The van der Waals surface area contributed by atoms with Gasteiger partial charge >= 0.3 is 6.18 Å². The number of alkyl halides is 3. The number of hydrogen-bond acceptors (Lipinski definition) is 11. The van der Waals surface area contributed by atoms with Crippen molar-refractivity contribution in [2.75, 3.05) is 28.2 Å². The Labute approximate surface area is 365 Å². The minimum Gasteiger partial charge on any atom is -0.379 e. The van der Waals surface area contributed by atoms with Crippen molar-refractivity contribution in [2.24, 2.45) is 12.0 Å². The third-order valence-corrected chi connectivity index (χ3v) is 13.1. The molecule has 0 saturated carbocycles. The molecular formula is C45H42F4N8O6S. The molecule has 5 aromatic rings. The predicted octanol–water partition coefficient (Wildman–Crippen LogP) is 7.08. The van der Waals surface area contributed by atoms with Crippen molar-refractivity contribution in [1.29, 1.82) is 5.26 Å². The van der Waals surface area contributed by atoms with E-state index in [-0.39, 0.29) is 34.4 Å². The lowest BCUT2D eigenvalue weighted by atomic mass is 9.78. The first-order valence-corrected chi connectivity index (χ1v) is 21.9. The Balaban J connectivity index is 0.867. The highest BCUT2D eigenvalue weighted by molar-refractivity contribution is 7.91. The van der Waals surface area contributed by atoms with Crippen LogP contribution in [0.1, 0.15) is 95.0 Å². The van der Waals surface area contributed by atoms with Gasteiger partial charge in [0.25, 0.3) is 5.91 Å². The van der Waals surface area contributed by atoms with Crippen molar-refractivity contribution in [1.82, 2.24) is 14.8 Å². The molecule has 0 fully saturated rings. The quantitative estimate of drug-likeness (QED) is 0.0620. The van der Waals surface area contributed by atoms with E-state index in [0.29, 0.717) is 53.8 Å². The summed E-state index contributed by atoms with van der Waals surface area (Å²) in [6, 6.07) is 19.3. The molecule has 4 N–H and O–H groups in total. The van der Waals surface area contributed by atoms with Gasteiger partial charge in [-0.25, -0.2) is 17.8 Å². The number of hydrogen-bond donors (Lipinski definition) is 4. The second kappa shape index (κ2) is 18.1. The molecule has 4 aromatic carbocycles. The van der Waals surface area contributed by atoms with Crippen LogP contribution < -0.4 is 16.0 Å². The Bertz CT molecular complexity index is 2800. The highest BCUT2D eigenvalue weighted by Crippen LogP contribution is 2.45. The van der Waals surface area contributed by atoms with Crippen LogP contribution in [-0.2, 0) is 39.1 Å². The standard InChI is InChI=1S/C45H42F4N8O6S/c1-44(61,43(60)55-31-16-13-28(22-50)34(21-31)45(47,48)49)24-64(62,63)32-17-9-26(10-18-32)7-5-3-4-6-8-37(59)54-30-14-11-27(12-15-30)40-39(42-52-25-53-57(42)2)41-38-33(36(58)23-51-41)19-29(46)20-35(38)56-40/h9-21,25,39-40,56,61H,3-8,23-24H2,1-2H3,(H,54,59)(H,55,60)/t39?,40-,44?/m1/s1. The molecule has 0 spiro atoms. The minimum absolute atomic E-state index is 0.102. The third-order valence-electron chi connectivity index (χ3n) is 11.1. The number of sulfone groups is 1. The van der Waals surface area contributed by atoms with Crippen molar-refractivity contribution < 1.29 is 45.5 Å². The molecule has 3 heterocycles. The van der Waals surface area contributed by atoms with Crippen LogP contribution in [0.5, 0.6) is 0 Å². The number of Topliss-reactive ketones (excluding diaryl/α,β-unsaturated/α-hetero) is 1. The molecule has 0 aliphatic carbocycles. The van der Waals surface area contributed by atoms with Crippen LogP contribution in [0.25, 0.3) is 0 Å². The van der Waals surface area contributed by atoms with Crippen LogP contribution in [0, 0.1) is 17.1 Å². The molecule has 0 bridgehead atoms. The Hall–Kier alpha value is -6.78. The largest absolute Gasteiger partial charge is 0.417 e. The number of benzene rings is 4. The number of aryl methyl sites for hydroxylation is 2. The molecule has 332 valence electrons. The number of ketones is 1. The average molecular weight is 899 g/mol. The van der Waals surface area contributed by atoms with Gasteiger partial charge in [-0.3, -0.25) is 24.1 Å². The maximum Gasteiger partial charge on any atom is 0.417 e. The topological polar surface area (TPSA) is 209 Å². The lowest BCUT2D eigenvalue weighted by Gasteiger charge is -2.37. The van der Waals surface area contributed by atoms with Crippen molar-refractivity contribution in [3.8, 4) is 6.07 Å². The Morgan fingerprint density at radius 3 is 2.34 bits per heavy atom. The van der Waals surface area contributed by atoms with E-state index >= 15 is 0 Å². The van der Waals surface area contributed by atoms with Gasteiger partial charge in [0.2, 0.25) is 5.91 Å². The molecule has 2 unspecified atom stereocenters. The van der Waals surface area contributed by atoms with Gasteiger partial charge in [-0.15, -0.1) is 0 Å². The Morgan fingerprint density at radius 1 is 0.969 bits per heavy atom. The summed E-state index contributed by atoms with van der Waals surface area (Å²) in [6.07, 6.45) is 0.452. The number of nitrogens with one attached hydrogen (secondary N) is 3. The number of aliphatic hydroxyl groups is 1. The number of halogens is 4. The molecule has 0 saturated heterocycles. The zero-order chi connectivity index (χ0) is 46.0. The summed E-state index contributed by atoms with van der Waals surface area (Å²) < 4.78 is 82.6. The van der Waals surface area contributed by atoms with E-state index in [2.05, 4.69) is 31.0 Å². The minimum atomic E-state index is -4.88. The lowest BCUT2D eigenvalue weighted by molar-refractivity contribution is -0.138. The molecule has 64 heavy (non-hydrogen) atoms. The molecule has 19 heteroatoms. The lowest BCUT2D eigenvalue weighted by Crippen LogP contribution is -2.45. The number of carbonyl (C=O) groups is 3. The molecule has 2 aliphatic heterocycles. The predicted molar refractivity (Wildman–Crippen MR) is 228 cm³/mol. The van der Waals surface area contributed by atoms with E-state index in [1.54, 1.807) is 36.0 Å². The van der Waals surface area contributed by atoms with Crippen LogP contribution in [0.15, 0.2) is 95.1 Å². The van der Waals surface area contributed by atoms with Crippen LogP contribution in [0.2, 0.25) is 0 Å². The summed E-state index contributed by atoms with van der Waals surface area (Å²) >= 11 is 0. The number of aromatic nitrogens is 3. The van der Waals surface area contributed by atoms with Gasteiger partial charge in [0.1, 0.15) is 24.5 Å². The molecule has 1 aromatic heterocycles. The molecule has 2 amide bonds. The fourth-order valence-corrected chi connectivity index (χ4v) is 9.49. The van der Waals surface area contributed by atoms with Gasteiger partial charge in [0, 0.05) is 41.7 Å². The second-order valence-corrected chi connectivity index (χ2v) is 17.9. The van der Waals surface area contributed by atoms with Gasteiger partial charge in [0.05, 0.1) is 45.5 Å². The van der Waals surface area contributed by atoms with Gasteiger partial charge < -0.3 is 21.1 Å². The summed E-state index contributed by atoms with van der Waals surface area (Å²) in [5.74, 6) is -3.08. The zero-order valence-corrected chi connectivity index (χ0v) is 35.4. The van der Waals surface area contributed by atoms with Gasteiger partial charge in [-0.2, -0.15) is 23.5 Å². The van der Waals surface area contributed by atoms with E-state index in [9.17, 15) is 45.5 Å². The smallest absolute Gasteiger partial charge is 0.379 e. The van der Waals surface area contributed by atoms with E-state index < -0.39 is 62.2 Å². The van der Waals surface area contributed by atoms with Crippen LogP contribution in [0.4, 0.5) is 34.6 Å². The number of amides is 2. The number of unbranched alkanes of at least 4 members (excludes halogenated alkanes) is 3. The van der Waals surface area contributed by atoms with E-state index in [1.165, 1.54) is 36.7 Å².